The lowest BCUT2D eigenvalue weighted by atomic mass is 9.59. The summed E-state index contributed by atoms with van der Waals surface area (Å²) in [6.45, 7) is 15.6. The molecule has 6 rings (SSSR count). The van der Waals surface area contributed by atoms with Crippen molar-refractivity contribution >= 4 is 19.9 Å². The minimum atomic E-state index is -2.85. The van der Waals surface area contributed by atoms with Crippen LogP contribution in [-0.2, 0) is 10.8 Å². The molecule has 49 heavy (non-hydrogen) atoms. The van der Waals surface area contributed by atoms with E-state index in [1.54, 1.807) is 6.07 Å². The number of ether oxygens (including phenoxy) is 2. The van der Waals surface area contributed by atoms with Crippen LogP contribution in [0.4, 0.5) is 4.39 Å². The van der Waals surface area contributed by atoms with Gasteiger partial charge in [-0.3, -0.25) is 9.59 Å². The van der Waals surface area contributed by atoms with Gasteiger partial charge in [-0.1, -0.05) is 47.5 Å². The molecule has 4 aliphatic rings. The van der Waals surface area contributed by atoms with E-state index in [0.717, 1.165) is 45.1 Å². The highest BCUT2D eigenvalue weighted by molar-refractivity contribution is 6.74. The first kappa shape index (κ1) is 35.8. The third kappa shape index (κ3) is 5.76. The van der Waals surface area contributed by atoms with Gasteiger partial charge in [-0.25, -0.2) is 4.39 Å². The largest absolute Gasteiger partial charge is 0.508 e. The number of halogens is 1. The second-order valence-electron chi connectivity index (χ2n) is 15.7. The minimum absolute atomic E-state index is 0.00234. The van der Waals surface area contributed by atoms with Gasteiger partial charge < -0.3 is 34.6 Å². The lowest BCUT2D eigenvalue weighted by Crippen LogP contribution is -2.64. The van der Waals surface area contributed by atoms with E-state index in [9.17, 15) is 9.90 Å². The third-order valence-electron chi connectivity index (χ3n) is 11.5. The molecule has 0 saturated carbocycles. The number of carbonyl (C=O) groups is 2. The van der Waals surface area contributed by atoms with E-state index in [1.165, 1.54) is 0 Å². The number of nitrogens with one attached hydrogen (secondary N) is 1. The maximum absolute atomic E-state index is 16.6. The summed E-state index contributed by atoms with van der Waals surface area (Å²) in [4.78, 5) is 29.8. The molecule has 1 aromatic carbocycles. The first-order chi connectivity index (χ1) is 23.2. The Kier molecular flexibility index (Phi) is 9.66. The second-order valence-corrected chi connectivity index (χ2v) is 20.4. The van der Waals surface area contributed by atoms with E-state index in [4.69, 9.17) is 24.2 Å². The van der Waals surface area contributed by atoms with Crippen LogP contribution < -0.4 is 20.5 Å². The van der Waals surface area contributed by atoms with Crippen LogP contribution in [0.3, 0.4) is 0 Å². The Hall–Kier alpha value is -3.06. The highest BCUT2D eigenvalue weighted by Crippen LogP contribution is 2.58. The zero-order valence-electron chi connectivity index (χ0n) is 30.0. The molecule has 3 aliphatic carbocycles. The first-order valence-corrected chi connectivity index (χ1v) is 20.9. The van der Waals surface area contributed by atoms with Crippen molar-refractivity contribution in [3.63, 3.8) is 0 Å². The molecule has 1 aliphatic heterocycles. The Morgan fingerprint density at radius 3 is 2.47 bits per heavy atom. The molecular weight excluding hydrogens is 646 g/mol. The molecule has 1 aromatic heterocycles. The summed E-state index contributed by atoms with van der Waals surface area (Å²) in [6, 6.07) is 0.557. The summed E-state index contributed by atoms with van der Waals surface area (Å²) in [5.74, 6) is -2.96. The van der Waals surface area contributed by atoms with Crippen molar-refractivity contribution in [2.75, 3.05) is 19.8 Å². The zero-order chi connectivity index (χ0) is 35.5. The predicted molar refractivity (Wildman–Crippen MR) is 185 cm³/mol. The number of hydrogen-bond acceptors (Lipinski definition) is 10. The maximum Gasteiger partial charge on any atom is 0.265 e. The number of fused-ring (bicyclic) bond motifs is 4. The normalized spacial score (nSPS) is 26.7. The summed E-state index contributed by atoms with van der Waals surface area (Å²) in [5, 5.41) is 19.7. The molecule has 2 heterocycles. The van der Waals surface area contributed by atoms with Crippen molar-refractivity contribution in [1.82, 2.24) is 10.5 Å². The monoisotopic (exact) mass is 697 g/mol. The molecule has 1 fully saturated rings. The van der Waals surface area contributed by atoms with E-state index < -0.39 is 54.9 Å². The lowest BCUT2D eigenvalue weighted by Gasteiger charge is -2.53. The van der Waals surface area contributed by atoms with Gasteiger partial charge >= 0.3 is 0 Å². The van der Waals surface area contributed by atoms with Crippen LogP contribution in [0.25, 0.3) is 0 Å². The number of nitrogens with zero attached hydrogens (tertiary/aromatic N) is 1. The second kappa shape index (κ2) is 13.2. The Morgan fingerprint density at radius 1 is 1.14 bits per heavy atom. The molecule has 1 unspecified atom stereocenters. The summed E-state index contributed by atoms with van der Waals surface area (Å²) in [7, 11) is -2.85. The third-order valence-corrected chi connectivity index (χ3v) is 15.9. The van der Waals surface area contributed by atoms with E-state index >= 15 is 9.18 Å². The van der Waals surface area contributed by atoms with E-state index in [2.05, 4.69) is 10.5 Å². The Balaban J connectivity index is 1.55. The highest BCUT2D eigenvalue weighted by Gasteiger charge is 2.66. The molecule has 10 nitrogen and oxygen atoms in total. The van der Waals surface area contributed by atoms with Gasteiger partial charge in [-0.05, 0) is 80.3 Å². The number of allylic oxidation sites excluding steroid dienone is 1. The van der Waals surface area contributed by atoms with Crippen LogP contribution in [0.15, 0.2) is 21.9 Å². The Bertz CT molecular complexity index is 1660. The number of benzene rings is 1. The van der Waals surface area contributed by atoms with Gasteiger partial charge in [-0.15, -0.1) is 0 Å². The van der Waals surface area contributed by atoms with Gasteiger partial charge in [0.05, 0.1) is 24.8 Å². The molecule has 4 N–H and O–H groups in total. The van der Waals surface area contributed by atoms with Crippen molar-refractivity contribution in [2.45, 2.75) is 122 Å². The average molecular weight is 698 g/mol. The molecule has 2 aromatic rings. The number of hydrogen-bond donors (Lipinski definition) is 3. The van der Waals surface area contributed by atoms with Gasteiger partial charge in [0.25, 0.3) is 5.88 Å². The van der Waals surface area contributed by atoms with Crippen molar-refractivity contribution in [3.8, 4) is 11.6 Å². The quantitative estimate of drug-likeness (QED) is 0.160. The molecule has 0 spiro atoms. The summed E-state index contributed by atoms with van der Waals surface area (Å²) in [5.41, 5.74) is 5.95. The van der Waals surface area contributed by atoms with Crippen LogP contribution in [0, 0.1) is 17.7 Å². The number of nitrogens with two attached hydrogens (primary N) is 1. The summed E-state index contributed by atoms with van der Waals surface area (Å²) < 4.78 is 41.4. The van der Waals surface area contributed by atoms with E-state index in [0.29, 0.717) is 24.5 Å². The van der Waals surface area contributed by atoms with Gasteiger partial charge in [0, 0.05) is 28.7 Å². The van der Waals surface area contributed by atoms with Gasteiger partial charge in [0.15, 0.2) is 25.5 Å². The number of aromatic nitrogens is 1. The lowest BCUT2D eigenvalue weighted by molar-refractivity contribution is -0.0273. The highest BCUT2D eigenvalue weighted by atomic mass is 28.4. The standard InChI is InChI=1S/C37H52FN3O7Si/c1-8-10-15-45-25-19-21(24-13-12-14-40-24)29(38)22-17-20-18-23-30(39)32-28(35(41-47-32)46-16-11-9-2)34(44)37(23,48-49(6,7)36(3,4)5)33(43)26(20)31(42)27(22)25/h19-20,23-24,30,40,43H,8-18,39H2,1-7H3/t20-,23-,24?,30-,37-/m0/s1. The van der Waals surface area contributed by atoms with E-state index in [1.807, 2.05) is 47.7 Å². The number of aliphatic hydroxyl groups excluding tert-OH is 1. The molecule has 12 heteroatoms. The molecular formula is C37H52FN3O7Si. The molecule has 0 amide bonds. The number of ketones is 2. The SMILES string of the molecule is CCCCOc1cc(C2CCCN2)c(F)c2c1C(=O)C1=C(O)[C@]3(O[Si](C)(C)C(C)(C)C)C(=O)c4c(OCCCC)noc4[C@@H](N)[C@@H]3C[C@@H]1C2. The fraction of sp³-hybridized carbons (Fsp3) is 0.649. The molecule has 0 bridgehead atoms. The topological polar surface area (TPSA) is 146 Å². The Labute approximate surface area is 289 Å². The fourth-order valence-electron chi connectivity index (χ4n) is 7.72. The van der Waals surface area contributed by atoms with E-state index in [-0.39, 0.29) is 57.8 Å². The fourth-order valence-corrected chi connectivity index (χ4v) is 9.17. The Morgan fingerprint density at radius 2 is 1.84 bits per heavy atom. The predicted octanol–water partition coefficient (Wildman–Crippen LogP) is 7.44. The van der Waals surface area contributed by atoms with Crippen LogP contribution in [0.1, 0.15) is 129 Å². The number of rotatable bonds is 11. The number of carbonyl (C=O) groups excluding carboxylic acids is 2. The molecule has 5 atom stereocenters. The number of aliphatic hydroxyl groups is 1. The van der Waals surface area contributed by atoms with Crippen molar-refractivity contribution in [1.29, 1.82) is 0 Å². The minimum Gasteiger partial charge on any atom is -0.508 e. The maximum atomic E-state index is 16.6. The summed E-state index contributed by atoms with van der Waals surface area (Å²) in [6.07, 6.45) is 5.28. The van der Waals surface area contributed by atoms with Crippen LogP contribution >= 0.6 is 0 Å². The van der Waals surface area contributed by atoms with Crippen LogP contribution in [0.2, 0.25) is 18.1 Å². The van der Waals surface area contributed by atoms with Gasteiger partial charge in [0.1, 0.15) is 22.9 Å². The summed E-state index contributed by atoms with van der Waals surface area (Å²) >= 11 is 0. The average Bonchev–Trinajstić information content (AvgIpc) is 3.73. The van der Waals surface area contributed by atoms with Crippen molar-refractivity contribution < 1.29 is 37.5 Å². The number of unbranched alkanes of at least 4 members (excludes halogenated alkanes) is 2. The van der Waals surface area contributed by atoms with Crippen molar-refractivity contribution in [2.24, 2.45) is 17.6 Å². The van der Waals surface area contributed by atoms with Gasteiger partial charge in [-0.2, -0.15) is 0 Å². The van der Waals surface area contributed by atoms with Crippen molar-refractivity contribution in [3.05, 3.63) is 51.2 Å². The van der Waals surface area contributed by atoms with Crippen LogP contribution in [0.5, 0.6) is 11.6 Å². The zero-order valence-corrected chi connectivity index (χ0v) is 31.0. The number of Topliss-reactive ketones (excluding diaryl/α,β-unsaturated/α-hetero) is 2. The van der Waals surface area contributed by atoms with Crippen LogP contribution in [-0.4, -0.2) is 55.5 Å². The molecule has 0 radical (unpaired) electrons. The molecule has 268 valence electrons. The smallest absolute Gasteiger partial charge is 0.265 e. The molecule has 1 saturated heterocycles. The van der Waals surface area contributed by atoms with Gasteiger partial charge in [0.2, 0.25) is 5.78 Å². The first-order valence-electron chi connectivity index (χ1n) is 18.0.